The molecule has 25 heavy (non-hydrogen) atoms. The SMILES string of the molecule is COc1ccc(NC(C)=NC(C)Cc2ccc(C(C)(C)C)cc2)cc1. The largest absolute Gasteiger partial charge is 0.497 e. The van der Waals surface area contributed by atoms with Crippen LogP contribution in [0.1, 0.15) is 45.7 Å². The number of methoxy groups -OCH3 is 1. The molecule has 1 unspecified atom stereocenters. The maximum atomic E-state index is 5.18. The number of nitrogens with one attached hydrogen (secondary N) is 1. The summed E-state index contributed by atoms with van der Waals surface area (Å²) in [6.07, 6.45) is 0.937. The summed E-state index contributed by atoms with van der Waals surface area (Å²) in [4.78, 5) is 4.76. The van der Waals surface area contributed by atoms with Crippen molar-refractivity contribution in [3.63, 3.8) is 0 Å². The standard InChI is InChI=1S/C22H30N2O/c1-16(15-18-7-9-19(10-8-18)22(3,4)5)23-17(2)24-20-11-13-21(25-6)14-12-20/h7-14,16H,15H2,1-6H3,(H,23,24). The Morgan fingerprint density at radius 2 is 1.64 bits per heavy atom. The van der Waals surface area contributed by atoms with Gasteiger partial charge < -0.3 is 10.1 Å². The number of hydrogen-bond donors (Lipinski definition) is 1. The van der Waals surface area contributed by atoms with Crippen LogP contribution >= 0.6 is 0 Å². The third kappa shape index (κ3) is 5.93. The first-order valence-electron chi connectivity index (χ1n) is 8.83. The van der Waals surface area contributed by atoms with Gasteiger partial charge in [0, 0.05) is 5.69 Å². The lowest BCUT2D eigenvalue weighted by molar-refractivity contribution is 0.415. The Morgan fingerprint density at radius 3 is 2.16 bits per heavy atom. The minimum atomic E-state index is 0.196. The summed E-state index contributed by atoms with van der Waals surface area (Å²) >= 11 is 0. The summed E-state index contributed by atoms with van der Waals surface area (Å²) < 4.78 is 5.18. The fraction of sp³-hybridized carbons (Fsp3) is 0.409. The third-order valence-corrected chi connectivity index (χ3v) is 4.18. The normalized spacial score (nSPS) is 13.4. The molecule has 1 N–H and O–H groups in total. The van der Waals surface area contributed by atoms with Gasteiger partial charge in [-0.2, -0.15) is 0 Å². The summed E-state index contributed by atoms with van der Waals surface area (Å²) in [6.45, 7) is 10.9. The first-order valence-corrected chi connectivity index (χ1v) is 8.83. The van der Waals surface area contributed by atoms with Gasteiger partial charge in [-0.1, -0.05) is 45.0 Å². The van der Waals surface area contributed by atoms with E-state index in [1.807, 2.05) is 31.2 Å². The smallest absolute Gasteiger partial charge is 0.119 e. The van der Waals surface area contributed by atoms with E-state index in [4.69, 9.17) is 9.73 Å². The van der Waals surface area contributed by atoms with Crippen molar-refractivity contribution in [2.24, 2.45) is 4.99 Å². The van der Waals surface area contributed by atoms with E-state index in [1.54, 1.807) is 7.11 Å². The molecule has 0 aliphatic heterocycles. The summed E-state index contributed by atoms with van der Waals surface area (Å²) in [5.41, 5.74) is 3.90. The number of amidine groups is 1. The number of hydrogen-bond acceptors (Lipinski definition) is 2. The maximum Gasteiger partial charge on any atom is 0.119 e. The Hall–Kier alpha value is -2.29. The van der Waals surface area contributed by atoms with E-state index in [0.717, 1.165) is 23.7 Å². The zero-order valence-corrected chi connectivity index (χ0v) is 16.3. The van der Waals surface area contributed by atoms with Crippen molar-refractivity contribution >= 4 is 11.5 Å². The van der Waals surface area contributed by atoms with Crippen molar-refractivity contribution in [1.82, 2.24) is 0 Å². The van der Waals surface area contributed by atoms with Crippen LogP contribution in [0.2, 0.25) is 0 Å². The maximum absolute atomic E-state index is 5.18. The molecule has 134 valence electrons. The highest BCUT2D eigenvalue weighted by molar-refractivity contribution is 5.93. The van der Waals surface area contributed by atoms with Crippen LogP contribution in [-0.4, -0.2) is 19.0 Å². The molecule has 2 aromatic carbocycles. The van der Waals surface area contributed by atoms with Crippen LogP contribution in [0.4, 0.5) is 5.69 Å². The quantitative estimate of drug-likeness (QED) is 0.580. The topological polar surface area (TPSA) is 33.6 Å². The number of benzene rings is 2. The van der Waals surface area contributed by atoms with E-state index in [9.17, 15) is 0 Å². The lowest BCUT2D eigenvalue weighted by atomic mass is 9.86. The van der Waals surface area contributed by atoms with Crippen molar-refractivity contribution in [1.29, 1.82) is 0 Å². The highest BCUT2D eigenvalue weighted by atomic mass is 16.5. The van der Waals surface area contributed by atoms with Gasteiger partial charge in [-0.15, -0.1) is 0 Å². The second kappa shape index (κ2) is 8.19. The zero-order valence-electron chi connectivity index (χ0n) is 16.3. The van der Waals surface area contributed by atoms with E-state index < -0.39 is 0 Å². The monoisotopic (exact) mass is 338 g/mol. The number of ether oxygens (including phenoxy) is 1. The zero-order chi connectivity index (χ0) is 18.4. The molecule has 0 aliphatic rings. The third-order valence-electron chi connectivity index (χ3n) is 4.18. The number of aliphatic imine (C=N–C) groups is 1. The Bertz CT molecular complexity index is 694. The van der Waals surface area contributed by atoms with Gasteiger partial charge in [-0.3, -0.25) is 4.99 Å². The molecule has 2 rings (SSSR count). The van der Waals surface area contributed by atoms with Crippen LogP contribution < -0.4 is 10.1 Å². The lowest BCUT2D eigenvalue weighted by Gasteiger charge is -2.19. The highest BCUT2D eigenvalue weighted by Crippen LogP contribution is 2.22. The number of nitrogens with zero attached hydrogens (tertiary/aromatic N) is 1. The number of rotatable bonds is 5. The molecule has 0 radical (unpaired) electrons. The molecule has 0 fully saturated rings. The average molecular weight is 338 g/mol. The molecule has 0 aromatic heterocycles. The summed E-state index contributed by atoms with van der Waals surface area (Å²) in [5, 5.41) is 3.33. The van der Waals surface area contributed by atoms with Crippen molar-refractivity contribution in [2.45, 2.75) is 52.5 Å². The van der Waals surface area contributed by atoms with Gasteiger partial charge in [-0.05, 0) is 61.1 Å². The molecule has 3 heteroatoms. The van der Waals surface area contributed by atoms with E-state index in [1.165, 1.54) is 11.1 Å². The first kappa shape index (κ1) is 19.0. The fourth-order valence-electron chi connectivity index (χ4n) is 2.77. The van der Waals surface area contributed by atoms with Crippen LogP contribution in [0.3, 0.4) is 0 Å². The molecule has 0 aliphatic carbocycles. The molecule has 0 saturated carbocycles. The molecule has 0 amide bonds. The van der Waals surface area contributed by atoms with Crippen molar-refractivity contribution in [2.75, 3.05) is 12.4 Å². The molecular formula is C22H30N2O. The van der Waals surface area contributed by atoms with Crippen molar-refractivity contribution in [3.8, 4) is 5.75 Å². The van der Waals surface area contributed by atoms with E-state index in [2.05, 4.69) is 57.3 Å². The van der Waals surface area contributed by atoms with Gasteiger partial charge in [0.05, 0.1) is 19.0 Å². The Balaban J connectivity index is 1.95. The van der Waals surface area contributed by atoms with E-state index >= 15 is 0 Å². The molecule has 3 nitrogen and oxygen atoms in total. The fourth-order valence-corrected chi connectivity index (χ4v) is 2.77. The van der Waals surface area contributed by atoms with E-state index in [0.29, 0.717) is 0 Å². The van der Waals surface area contributed by atoms with Gasteiger partial charge in [-0.25, -0.2) is 0 Å². The highest BCUT2D eigenvalue weighted by Gasteiger charge is 2.13. The second-order valence-corrected chi connectivity index (χ2v) is 7.57. The van der Waals surface area contributed by atoms with Crippen LogP contribution in [0.25, 0.3) is 0 Å². The van der Waals surface area contributed by atoms with Gasteiger partial charge in [0.1, 0.15) is 5.75 Å². The summed E-state index contributed by atoms with van der Waals surface area (Å²) in [5.74, 6) is 1.77. The number of anilines is 1. The second-order valence-electron chi connectivity index (χ2n) is 7.57. The molecule has 0 bridgehead atoms. The van der Waals surface area contributed by atoms with Gasteiger partial charge >= 0.3 is 0 Å². The van der Waals surface area contributed by atoms with Gasteiger partial charge in [0.25, 0.3) is 0 Å². The predicted molar refractivity (Wildman–Crippen MR) is 108 cm³/mol. The van der Waals surface area contributed by atoms with E-state index in [-0.39, 0.29) is 11.5 Å². The first-order chi connectivity index (χ1) is 11.8. The summed E-state index contributed by atoms with van der Waals surface area (Å²) in [6, 6.07) is 17.0. The molecule has 2 aromatic rings. The molecular weight excluding hydrogens is 308 g/mol. The lowest BCUT2D eigenvalue weighted by Crippen LogP contribution is -2.14. The summed E-state index contributed by atoms with van der Waals surface area (Å²) in [7, 11) is 1.67. The van der Waals surface area contributed by atoms with Crippen LogP contribution in [0.15, 0.2) is 53.5 Å². The predicted octanol–water partition coefficient (Wildman–Crippen LogP) is 5.45. The Labute approximate surface area is 152 Å². The molecule has 0 spiro atoms. The van der Waals surface area contributed by atoms with Crippen LogP contribution in [0.5, 0.6) is 5.75 Å². The van der Waals surface area contributed by atoms with Gasteiger partial charge in [0.15, 0.2) is 0 Å². The average Bonchev–Trinajstić information content (AvgIpc) is 2.55. The molecule has 1 atom stereocenters. The van der Waals surface area contributed by atoms with Gasteiger partial charge in [0.2, 0.25) is 0 Å². The van der Waals surface area contributed by atoms with Crippen LogP contribution in [-0.2, 0) is 11.8 Å². The molecule has 0 heterocycles. The van der Waals surface area contributed by atoms with Crippen molar-refractivity contribution in [3.05, 3.63) is 59.7 Å². The minimum Gasteiger partial charge on any atom is -0.497 e. The van der Waals surface area contributed by atoms with Crippen molar-refractivity contribution < 1.29 is 4.74 Å². The molecule has 0 saturated heterocycles. The Kier molecular flexibility index (Phi) is 6.24. The van der Waals surface area contributed by atoms with Crippen LogP contribution in [0, 0.1) is 0 Å². The Morgan fingerprint density at radius 1 is 1.04 bits per heavy atom. The minimum absolute atomic E-state index is 0.196.